The van der Waals surface area contributed by atoms with Crippen LogP contribution in [0.4, 0.5) is 0 Å². The van der Waals surface area contributed by atoms with Crippen molar-refractivity contribution in [3.05, 3.63) is 0 Å². The van der Waals surface area contributed by atoms with Crippen LogP contribution >= 0.6 is 0 Å². The molecule has 0 aliphatic heterocycles. The number of methoxy groups -OCH3 is 1. The predicted octanol–water partition coefficient (Wildman–Crippen LogP) is 1.65. The Hall–Kier alpha value is -0.610. The van der Waals surface area contributed by atoms with Gasteiger partial charge in [-0.3, -0.25) is 4.79 Å². The third-order valence-corrected chi connectivity index (χ3v) is 3.24. The summed E-state index contributed by atoms with van der Waals surface area (Å²) in [6.45, 7) is 8.23. The van der Waals surface area contributed by atoms with Gasteiger partial charge in [0.2, 0.25) is 0 Å². The van der Waals surface area contributed by atoms with Crippen molar-refractivity contribution < 1.29 is 9.53 Å². The highest BCUT2D eigenvalue weighted by atomic mass is 16.5. The molecule has 0 aromatic heterocycles. The molecule has 4 heteroatoms. The van der Waals surface area contributed by atoms with E-state index in [0.717, 1.165) is 32.4 Å². The zero-order chi connectivity index (χ0) is 13.3. The van der Waals surface area contributed by atoms with E-state index in [0.29, 0.717) is 6.04 Å². The second kappa shape index (κ2) is 9.42. The van der Waals surface area contributed by atoms with Crippen LogP contribution in [0.5, 0.6) is 0 Å². The predicted molar refractivity (Wildman–Crippen MR) is 71.1 cm³/mol. The standard InChI is InChI=1S/C13H28N2O2/c1-6-9-14-12(13(16)17-5)8-10-15(4)11(3)7-2/h11-12,14H,6-10H2,1-5H3. The summed E-state index contributed by atoms with van der Waals surface area (Å²) in [5.41, 5.74) is 0. The number of hydrogen-bond acceptors (Lipinski definition) is 4. The van der Waals surface area contributed by atoms with Crippen molar-refractivity contribution >= 4 is 5.97 Å². The van der Waals surface area contributed by atoms with Crippen LogP contribution in [0.15, 0.2) is 0 Å². The lowest BCUT2D eigenvalue weighted by molar-refractivity contribution is -0.143. The molecule has 17 heavy (non-hydrogen) atoms. The van der Waals surface area contributed by atoms with Gasteiger partial charge in [0.15, 0.2) is 0 Å². The Kier molecular flexibility index (Phi) is 9.09. The molecule has 0 bridgehead atoms. The first kappa shape index (κ1) is 16.4. The van der Waals surface area contributed by atoms with Crippen LogP contribution < -0.4 is 5.32 Å². The third kappa shape index (κ3) is 6.64. The molecule has 0 aromatic rings. The van der Waals surface area contributed by atoms with Crippen LogP contribution in [-0.4, -0.2) is 50.2 Å². The quantitative estimate of drug-likeness (QED) is 0.626. The van der Waals surface area contributed by atoms with E-state index in [1.165, 1.54) is 7.11 Å². The minimum Gasteiger partial charge on any atom is -0.468 e. The normalized spacial score (nSPS) is 14.7. The van der Waals surface area contributed by atoms with Gasteiger partial charge in [0.05, 0.1) is 7.11 Å². The number of esters is 1. The van der Waals surface area contributed by atoms with E-state index < -0.39 is 0 Å². The summed E-state index contributed by atoms with van der Waals surface area (Å²) < 4.78 is 4.81. The molecule has 4 nitrogen and oxygen atoms in total. The molecule has 0 aromatic carbocycles. The zero-order valence-electron chi connectivity index (χ0n) is 12.0. The second-order valence-electron chi connectivity index (χ2n) is 4.56. The number of carbonyl (C=O) groups is 1. The summed E-state index contributed by atoms with van der Waals surface area (Å²) in [6, 6.07) is 0.380. The number of carbonyl (C=O) groups excluding carboxylic acids is 1. The number of rotatable bonds is 9. The molecule has 0 heterocycles. The number of nitrogens with zero attached hydrogens (tertiary/aromatic N) is 1. The summed E-state index contributed by atoms with van der Waals surface area (Å²) in [5, 5.41) is 3.23. The molecule has 0 saturated heterocycles. The molecular formula is C13H28N2O2. The van der Waals surface area contributed by atoms with Gasteiger partial charge in [0.25, 0.3) is 0 Å². The first-order valence-electron chi connectivity index (χ1n) is 6.58. The van der Waals surface area contributed by atoms with E-state index in [2.05, 4.69) is 38.0 Å². The molecule has 0 aliphatic rings. The molecule has 1 N–H and O–H groups in total. The Morgan fingerprint density at radius 1 is 1.41 bits per heavy atom. The van der Waals surface area contributed by atoms with E-state index in [1.54, 1.807) is 0 Å². The zero-order valence-corrected chi connectivity index (χ0v) is 12.0. The second-order valence-corrected chi connectivity index (χ2v) is 4.56. The summed E-state index contributed by atoms with van der Waals surface area (Å²) in [4.78, 5) is 13.8. The number of nitrogens with one attached hydrogen (secondary N) is 1. The minimum atomic E-state index is -0.175. The molecule has 0 saturated carbocycles. The van der Waals surface area contributed by atoms with Gasteiger partial charge in [0.1, 0.15) is 6.04 Å². The number of ether oxygens (including phenoxy) is 1. The van der Waals surface area contributed by atoms with E-state index in [9.17, 15) is 4.79 Å². The lowest BCUT2D eigenvalue weighted by atomic mass is 10.1. The largest absolute Gasteiger partial charge is 0.468 e. The van der Waals surface area contributed by atoms with E-state index in [-0.39, 0.29) is 12.0 Å². The number of hydrogen-bond donors (Lipinski definition) is 1. The van der Waals surface area contributed by atoms with Gasteiger partial charge >= 0.3 is 5.97 Å². The van der Waals surface area contributed by atoms with E-state index >= 15 is 0 Å². The molecule has 0 amide bonds. The highest BCUT2D eigenvalue weighted by molar-refractivity contribution is 5.75. The fourth-order valence-corrected chi connectivity index (χ4v) is 1.63. The topological polar surface area (TPSA) is 41.6 Å². The maximum Gasteiger partial charge on any atom is 0.322 e. The molecule has 0 aliphatic carbocycles. The van der Waals surface area contributed by atoms with E-state index in [1.807, 2.05) is 0 Å². The SMILES string of the molecule is CCCNC(CCN(C)C(C)CC)C(=O)OC. The van der Waals surface area contributed by atoms with E-state index in [4.69, 9.17) is 4.74 Å². The summed E-state index contributed by atoms with van der Waals surface area (Å²) >= 11 is 0. The average Bonchev–Trinajstić information content (AvgIpc) is 2.36. The summed E-state index contributed by atoms with van der Waals surface area (Å²) in [6.07, 6.45) is 2.95. The van der Waals surface area contributed by atoms with Crippen LogP contribution in [-0.2, 0) is 9.53 Å². The van der Waals surface area contributed by atoms with Gasteiger partial charge < -0.3 is 15.0 Å². The highest BCUT2D eigenvalue weighted by Crippen LogP contribution is 2.04. The molecular weight excluding hydrogens is 216 g/mol. The first-order chi connectivity index (χ1) is 8.06. The highest BCUT2D eigenvalue weighted by Gasteiger charge is 2.19. The molecule has 102 valence electrons. The van der Waals surface area contributed by atoms with Gasteiger partial charge in [-0.25, -0.2) is 0 Å². The average molecular weight is 244 g/mol. The smallest absolute Gasteiger partial charge is 0.322 e. The fourth-order valence-electron chi connectivity index (χ4n) is 1.63. The Balaban J connectivity index is 4.10. The first-order valence-corrected chi connectivity index (χ1v) is 6.58. The van der Waals surface area contributed by atoms with Crippen LogP contribution in [0, 0.1) is 0 Å². The molecule has 2 atom stereocenters. The third-order valence-electron chi connectivity index (χ3n) is 3.24. The van der Waals surface area contributed by atoms with Gasteiger partial charge in [0, 0.05) is 12.6 Å². The summed E-state index contributed by atoms with van der Waals surface area (Å²) in [5.74, 6) is -0.156. The van der Waals surface area contributed by atoms with Crippen molar-refractivity contribution in [2.45, 2.75) is 52.1 Å². The van der Waals surface area contributed by atoms with Crippen molar-refractivity contribution in [2.75, 3.05) is 27.2 Å². The Labute approximate surface area is 106 Å². The van der Waals surface area contributed by atoms with Gasteiger partial charge in [-0.05, 0) is 39.8 Å². The summed E-state index contributed by atoms with van der Waals surface area (Å²) in [7, 11) is 3.55. The Morgan fingerprint density at radius 3 is 2.53 bits per heavy atom. The van der Waals surface area contributed by atoms with Crippen LogP contribution in [0.2, 0.25) is 0 Å². The molecule has 0 spiro atoms. The Morgan fingerprint density at radius 2 is 2.06 bits per heavy atom. The Bertz CT molecular complexity index is 210. The van der Waals surface area contributed by atoms with Crippen LogP contribution in [0.1, 0.15) is 40.0 Å². The maximum atomic E-state index is 11.6. The van der Waals surface area contributed by atoms with Gasteiger partial charge in [-0.2, -0.15) is 0 Å². The van der Waals surface area contributed by atoms with Crippen LogP contribution in [0.3, 0.4) is 0 Å². The monoisotopic (exact) mass is 244 g/mol. The van der Waals surface area contributed by atoms with Gasteiger partial charge in [-0.1, -0.05) is 13.8 Å². The molecule has 0 fully saturated rings. The van der Waals surface area contributed by atoms with Crippen LogP contribution in [0.25, 0.3) is 0 Å². The molecule has 2 unspecified atom stereocenters. The minimum absolute atomic E-state index is 0.156. The maximum absolute atomic E-state index is 11.6. The van der Waals surface area contributed by atoms with Gasteiger partial charge in [-0.15, -0.1) is 0 Å². The molecule has 0 radical (unpaired) electrons. The van der Waals surface area contributed by atoms with Crippen molar-refractivity contribution in [1.29, 1.82) is 0 Å². The molecule has 0 rings (SSSR count). The lowest BCUT2D eigenvalue weighted by Crippen LogP contribution is -2.41. The van der Waals surface area contributed by atoms with Crippen molar-refractivity contribution in [2.24, 2.45) is 0 Å². The lowest BCUT2D eigenvalue weighted by Gasteiger charge is -2.25. The van der Waals surface area contributed by atoms with Crippen molar-refractivity contribution in [3.8, 4) is 0 Å². The van der Waals surface area contributed by atoms with Crippen molar-refractivity contribution in [1.82, 2.24) is 10.2 Å². The van der Waals surface area contributed by atoms with Crippen molar-refractivity contribution in [3.63, 3.8) is 0 Å². The fraction of sp³-hybridized carbons (Fsp3) is 0.923.